The minimum Gasteiger partial charge on any atom is -0.380 e. The fourth-order valence-corrected chi connectivity index (χ4v) is 2.88. The van der Waals surface area contributed by atoms with E-state index in [0.29, 0.717) is 6.61 Å². The van der Waals surface area contributed by atoms with Crippen molar-refractivity contribution in [2.24, 2.45) is 0 Å². The molecule has 2 amide bonds. The number of methoxy groups -OCH3 is 1. The van der Waals surface area contributed by atoms with Gasteiger partial charge in [-0.1, -0.05) is 24.3 Å². The van der Waals surface area contributed by atoms with Crippen LogP contribution in [0.4, 0.5) is 10.5 Å². The van der Waals surface area contributed by atoms with E-state index >= 15 is 0 Å². The molecule has 1 heterocycles. The fraction of sp³-hybridized carbons (Fsp3) is 0.368. The molecule has 1 aliphatic rings. The SMILES string of the molecule is COCc1ccccc1NC(=O)N(C1CC1)[C@H](C)c1ccccn1. The van der Waals surface area contributed by atoms with Gasteiger partial charge in [0.15, 0.2) is 0 Å². The van der Waals surface area contributed by atoms with Gasteiger partial charge in [0.2, 0.25) is 0 Å². The molecular formula is C19H23N3O2. The van der Waals surface area contributed by atoms with Gasteiger partial charge in [0.05, 0.1) is 18.3 Å². The predicted molar refractivity (Wildman–Crippen MR) is 93.7 cm³/mol. The average Bonchev–Trinajstić information content (AvgIpc) is 3.42. The highest BCUT2D eigenvalue weighted by Crippen LogP contribution is 2.34. The molecule has 0 radical (unpaired) electrons. The Morgan fingerprint density at radius 2 is 2.04 bits per heavy atom. The molecule has 0 aliphatic heterocycles. The molecule has 126 valence electrons. The predicted octanol–water partition coefficient (Wildman–Crippen LogP) is 3.99. The monoisotopic (exact) mass is 325 g/mol. The number of carbonyl (C=O) groups excluding carboxylic acids is 1. The van der Waals surface area contributed by atoms with Crippen molar-refractivity contribution in [3.05, 3.63) is 59.9 Å². The molecule has 1 saturated carbocycles. The molecule has 1 aromatic carbocycles. The zero-order chi connectivity index (χ0) is 16.9. The van der Waals surface area contributed by atoms with E-state index < -0.39 is 0 Å². The molecule has 5 heteroatoms. The van der Waals surface area contributed by atoms with Crippen LogP contribution in [0, 0.1) is 0 Å². The number of nitrogens with one attached hydrogen (secondary N) is 1. The minimum atomic E-state index is -0.0841. The number of pyridine rings is 1. The third-order valence-corrected chi connectivity index (χ3v) is 4.27. The fourth-order valence-electron chi connectivity index (χ4n) is 2.88. The molecule has 1 aromatic heterocycles. The van der Waals surface area contributed by atoms with Crippen LogP contribution in [0.2, 0.25) is 0 Å². The summed E-state index contributed by atoms with van der Waals surface area (Å²) in [6, 6.07) is 13.7. The molecule has 1 aliphatic carbocycles. The van der Waals surface area contributed by atoms with Crippen molar-refractivity contribution in [3.8, 4) is 0 Å². The Morgan fingerprint density at radius 1 is 1.29 bits per heavy atom. The number of ether oxygens (including phenoxy) is 1. The first kappa shape index (κ1) is 16.5. The van der Waals surface area contributed by atoms with Crippen molar-refractivity contribution in [3.63, 3.8) is 0 Å². The third kappa shape index (κ3) is 3.74. The van der Waals surface area contributed by atoms with Gasteiger partial charge < -0.3 is 15.0 Å². The maximum absolute atomic E-state index is 12.9. The maximum atomic E-state index is 12.9. The molecule has 1 N–H and O–H groups in total. The zero-order valence-electron chi connectivity index (χ0n) is 14.1. The summed E-state index contributed by atoms with van der Waals surface area (Å²) in [6.07, 6.45) is 3.86. The van der Waals surface area contributed by atoms with Crippen LogP contribution in [0.1, 0.15) is 37.1 Å². The molecule has 1 atom stereocenters. The summed E-state index contributed by atoms with van der Waals surface area (Å²) in [5, 5.41) is 3.05. The van der Waals surface area contributed by atoms with Crippen molar-refractivity contribution in [1.29, 1.82) is 0 Å². The van der Waals surface area contributed by atoms with Crippen LogP contribution in [0.3, 0.4) is 0 Å². The molecule has 0 saturated heterocycles. The number of rotatable bonds is 6. The van der Waals surface area contributed by atoms with Gasteiger partial charge in [-0.15, -0.1) is 0 Å². The number of hydrogen-bond donors (Lipinski definition) is 1. The van der Waals surface area contributed by atoms with Crippen molar-refractivity contribution < 1.29 is 9.53 Å². The second kappa shape index (κ2) is 7.45. The number of carbonyl (C=O) groups is 1. The first-order chi connectivity index (χ1) is 11.7. The third-order valence-electron chi connectivity index (χ3n) is 4.27. The summed E-state index contributed by atoms with van der Waals surface area (Å²) < 4.78 is 5.21. The van der Waals surface area contributed by atoms with Gasteiger partial charge in [-0.3, -0.25) is 4.98 Å². The summed E-state index contributed by atoms with van der Waals surface area (Å²) >= 11 is 0. The number of amides is 2. The maximum Gasteiger partial charge on any atom is 0.322 e. The van der Waals surface area contributed by atoms with Crippen molar-refractivity contribution in [1.82, 2.24) is 9.88 Å². The molecule has 24 heavy (non-hydrogen) atoms. The lowest BCUT2D eigenvalue weighted by Gasteiger charge is -2.29. The number of nitrogens with zero attached hydrogens (tertiary/aromatic N) is 2. The van der Waals surface area contributed by atoms with Crippen LogP contribution in [-0.4, -0.2) is 29.1 Å². The molecule has 0 bridgehead atoms. The Balaban J connectivity index is 1.79. The summed E-state index contributed by atoms with van der Waals surface area (Å²) in [4.78, 5) is 19.2. The molecule has 0 unspecified atom stereocenters. The smallest absolute Gasteiger partial charge is 0.322 e. The first-order valence-corrected chi connectivity index (χ1v) is 8.27. The van der Waals surface area contributed by atoms with Crippen molar-refractivity contribution in [2.75, 3.05) is 12.4 Å². The summed E-state index contributed by atoms with van der Waals surface area (Å²) in [5.41, 5.74) is 2.67. The van der Waals surface area contributed by atoms with E-state index in [4.69, 9.17) is 4.74 Å². The Labute approximate surface area is 142 Å². The van der Waals surface area contributed by atoms with Gasteiger partial charge in [0.25, 0.3) is 0 Å². The Hall–Kier alpha value is -2.40. The van der Waals surface area contributed by atoms with Gasteiger partial charge >= 0.3 is 6.03 Å². The highest BCUT2D eigenvalue weighted by molar-refractivity contribution is 5.90. The van der Waals surface area contributed by atoms with Gasteiger partial charge in [0, 0.05) is 30.6 Å². The summed E-state index contributed by atoms with van der Waals surface area (Å²) in [5.74, 6) is 0. The van der Waals surface area contributed by atoms with Gasteiger partial charge in [0.1, 0.15) is 0 Å². The Bertz CT molecular complexity index is 686. The highest BCUT2D eigenvalue weighted by atomic mass is 16.5. The average molecular weight is 325 g/mol. The number of anilines is 1. The minimum absolute atomic E-state index is 0.0618. The van der Waals surface area contributed by atoms with E-state index in [0.717, 1.165) is 29.8 Å². The Kier molecular flexibility index (Phi) is 5.11. The number of para-hydroxylation sites is 1. The van der Waals surface area contributed by atoms with Crippen LogP contribution < -0.4 is 5.32 Å². The van der Waals surface area contributed by atoms with E-state index in [2.05, 4.69) is 10.3 Å². The lowest BCUT2D eigenvalue weighted by molar-refractivity contribution is 0.183. The molecule has 5 nitrogen and oxygen atoms in total. The topological polar surface area (TPSA) is 54.5 Å². The van der Waals surface area contributed by atoms with Crippen LogP contribution in [0.5, 0.6) is 0 Å². The van der Waals surface area contributed by atoms with E-state index in [1.807, 2.05) is 54.3 Å². The zero-order valence-corrected chi connectivity index (χ0v) is 14.1. The quantitative estimate of drug-likeness (QED) is 0.874. The van der Waals surface area contributed by atoms with Crippen LogP contribution in [0.15, 0.2) is 48.7 Å². The van der Waals surface area contributed by atoms with Gasteiger partial charge in [-0.05, 0) is 38.0 Å². The van der Waals surface area contributed by atoms with Crippen LogP contribution in [0.25, 0.3) is 0 Å². The largest absolute Gasteiger partial charge is 0.380 e. The molecule has 3 rings (SSSR count). The normalized spacial score (nSPS) is 14.9. The van der Waals surface area contributed by atoms with Gasteiger partial charge in [-0.25, -0.2) is 4.79 Å². The lowest BCUT2D eigenvalue weighted by atomic mass is 10.1. The standard InChI is InChI=1S/C19H23N3O2/c1-14(17-8-5-6-12-20-17)22(16-10-11-16)19(23)21-18-9-4-3-7-15(18)13-24-2/h3-9,12,14,16H,10-11,13H2,1-2H3,(H,21,23)/t14-/m1/s1. The summed E-state index contributed by atoms with van der Waals surface area (Å²) in [6.45, 7) is 2.50. The summed E-state index contributed by atoms with van der Waals surface area (Å²) in [7, 11) is 1.65. The molecular weight excluding hydrogens is 302 g/mol. The molecule has 0 spiro atoms. The Morgan fingerprint density at radius 3 is 2.71 bits per heavy atom. The number of hydrogen-bond acceptors (Lipinski definition) is 3. The molecule has 2 aromatic rings. The van der Waals surface area contributed by atoms with E-state index in [1.54, 1.807) is 13.3 Å². The molecule has 1 fully saturated rings. The van der Waals surface area contributed by atoms with Crippen molar-refractivity contribution in [2.45, 2.75) is 38.5 Å². The number of urea groups is 1. The second-order valence-corrected chi connectivity index (χ2v) is 6.09. The number of benzene rings is 1. The van der Waals surface area contributed by atoms with E-state index in [-0.39, 0.29) is 18.1 Å². The van der Waals surface area contributed by atoms with E-state index in [1.165, 1.54) is 0 Å². The first-order valence-electron chi connectivity index (χ1n) is 8.27. The van der Waals surface area contributed by atoms with Crippen molar-refractivity contribution >= 4 is 11.7 Å². The highest BCUT2D eigenvalue weighted by Gasteiger charge is 2.36. The van der Waals surface area contributed by atoms with E-state index in [9.17, 15) is 4.79 Å². The van der Waals surface area contributed by atoms with Gasteiger partial charge in [-0.2, -0.15) is 0 Å². The lowest BCUT2D eigenvalue weighted by Crippen LogP contribution is -2.39. The number of aromatic nitrogens is 1. The van der Waals surface area contributed by atoms with Crippen LogP contribution >= 0.6 is 0 Å². The second-order valence-electron chi connectivity index (χ2n) is 6.09. The van der Waals surface area contributed by atoms with Crippen LogP contribution in [-0.2, 0) is 11.3 Å².